The molecule has 0 saturated carbocycles. The van der Waals surface area contributed by atoms with Gasteiger partial charge in [0.2, 0.25) is 0 Å². The predicted molar refractivity (Wildman–Crippen MR) is 40.1 cm³/mol. The summed E-state index contributed by atoms with van der Waals surface area (Å²) >= 11 is 3.06. The first kappa shape index (κ1) is 11.6. The van der Waals surface area contributed by atoms with Gasteiger partial charge < -0.3 is 15.0 Å². The summed E-state index contributed by atoms with van der Waals surface area (Å²) in [6.07, 6.45) is 0. The number of phenols is 1. The second-order valence-electron chi connectivity index (χ2n) is 1.95. The summed E-state index contributed by atoms with van der Waals surface area (Å²) in [6, 6.07) is 4.11. The maximum Gasteiger partial charge on any atom is 1.00 e. The number of carboxylic acids is 1. The van der Waals surface area contributed by atoms with Crippen molar-refractivity contribution in [3.63, 3.8) is 0 Å². The fraction of sp³-hybridized carbons (Fsp3) is 0. The van der Waals surface area contributed by atoms with Crippen molar-refractivity contribution in [3.05, 3.63) is 28.2 Å². The number of carbonyl (C=O) groups is 1. The van der Waals surface area contributed by atoms with E-state index in [4.69, 9.17) is 5.11 Å². The molecule has 0 aliphatic carbocycles. The van der Waals surface area contributed by atoms with Gasteiger partial charge in [0.1, 0.15) is 5.75 Å². The normalized spacial score (nSPS) is 8.75. The molecular formula is C7H4BrLiO3. The number of aromatic carboxylic acids is 1. The Bertz CT molecular complexity index is 301. The van der Waals surface area contributed by atoms with Crippen molar-refractivity contribution < 1.29 is 33.9 Å². The first-order valence-electron chi connectivity index (χ1n) is 2.81. The summed E-state index contributed by atoms with van der Waals surface area (Å²) in [5.41, 5.74) is -0.209. The van der Waals surface area contributed by atoms with Crippen LogP contribution < -0.4 is 24.0 Å². The van der Waals surface area contributed by atoms with Crippen molar-refractivity contribution in [1.82, 2.24) is 0 Å². The van der Waals surface area contributed by atoms with Crippen LogP contribution in [-0.2, 0) is 0 Å². The molecule has 1 aromatic rings. The minimum Gasteiger partial charge on any atom is -0.545 e. The summed E-state index contributed by atoms with van der Waals surface area (Å²) < 4.78 is 0.592. The summed E-state index contributed by atoms with van der Waals surface area (Å²) in [5.74, 6) is -1.67. The molecule has 12 heavy (non-hydrogen) atoms. The van der Waals surface area contributed by atoms with E-state index >= 15 is 0 Å². The average Bonchev–Trinajstić information content (AvgIpc) is 1.94. The number of halogens is 1. The van der Waals surface area contributed by atoms with Gasteiger partial charge in [0.05, 0.1) is 5.97 Å². The molecule has 0 radical (unpaired) electrons. The van der Waals surface area contributed by atoms with E-state index in [1.54, 1.807) is 6.07 Å². The van der Waals surface area contributed by atoms with Crippen LogP contribution in [0.5, 0.6) is 5.75 Å². The molecule has 0 atom stereocenters. The van der Waals surface area contributed by atoms with Gasteiger partial charge in [-0.2, -0.15) is 0 Å². The fourth-order valence-electron chi connectivity index (χ4n) is 0.672. The zero-order valence-corrected chi connectivity index (χ0v) is 7.96. The molecule has 0 aromatic heterocycles. The van der Waals surface area contributed by atoms with Crippen LogP contribution in [0.1, 0.15) is 10.4 Å². The third-order valence-corrected chi connectivity index (χ3v) is 1.67. The topological polar surface area (TPSA) is 60.4 Å². The number of carboxylic acid groups (broad SMARTS) is 1. The average molecular weight is 223 g/mol. The zero-order valence-electron chi connectivity index (χ0n) is 6.37. The van der Waals surface area contributed by atoms with Gasteiger partial charge in [-0.05, 0) is 18.2 Å². The van der Waals surface area contributed by atoms with Gasteiger partial charge in [-0.15, -0.1) is 0 Å². The Morgan fingerprint density at radius 3 is 2.50 bits per heavy atom. The van der Waals surface area contributed by atoms with Gasteiger partial charge in [-0.3, -0.25) is 0 Å². The van der Waals surface area contributed by atoms with Crippen LogP contribution in [0.15, 0.2) is 22.7 Å². The smallest absolute Gasteiger partial charge is 0.545 e. The number of hydrogen-bond donors (Lipinski definition) is 1. The summed E-state index contributed by atoms with van der Waals surface area (Å²) in [5, 5.41) is 19.2. The molecule has 1 aromatic carbocycles. The molecular weight excluding hydrogens is 219 g/mol. The van der Waals surface area contributed by atoms with Crippen molar-refractivity contribution in [1.29, 1.82) is 0 Å². The maximum atomic E-state index is 10.3. The van der Waals surface area contributed by atoms with E-state index in [1.165, 1.54) is 12.1 Å². The van der Waals surface area contributed by atoms with Crippen LogP contribution in [0, 0.1) is 0 Å². The first-order chi connectivity index (χ1) is 5.11. The van der Waals surface area contributed by atoms with Crippen molar-refractivity contribution in [2.24, 2.45) is 0 Å². The van der Waals surface area contributed by atoms with Crippen molar-refractivity contribution in [3.8, 4) is 5.75 Å². The van der Waals surface area contributed by atoms with Crippen molar-refractivity contribution in [2.75, 3.05) is 0 Å². The van der Waals surface area contributed by atoms with Crippen LogP contribution in [0.3, 0.4) is 0 Å². The Hall–Kier alpha value is -0.433. The van der Waals surface area contributed by atoms with Gasteiger partial charge in [0, 0.05) is 10.0 Å². The molecule has 1 rings (SSSR count). The van der Waals surface area contributed by atoms with Crippen LogP contribution in [0.4, 0.5) is 0 Å². The maximum absolute atomic E-state index is 10.3. The van der Waals surface area contributed by atoms with E-state index < -0.39 is 5.97 Å². The van der Waals surface area contributed by atoms with Crippen LogP contribution in [0.2, 0.25) is 0 Å². The quantitative estimate of drug-likeness (QED) is 0.536. The number of carbonyl (C=O) groups excluding carboxylic acids is 1. The van der Waals surface area contributed by atoms with Gasteiger partial charge >= 0.3 is 18.9 Å². The van der Waals surface area contributed by atoms with E-state index in [2.05, 4.69) is 15.9 Å². The van der Waals surface area contributed by atoms with E-state index in [0.717, 1.165) is 0 Å². The van der Waals surface area contributed by atoms with Crippen LogP contribution in [0.25, 0.3) is 0 Å². The van der Waals surface area contributed by atoms with Crippen molar-refractivity contribution in [2.45, 2.75) is 0 Å². The number of hydrogen-bond acceptors (Lipinski definition) is 3. The Kier molecular flexibility index (Phi) is 4.39. The van der Waals surface area contributed by atoms with Gasteiger partial charge in [-0.1, -0.05) is 15.9 Å². The Morgan fingerprint density at radius 1 is 1.50 bits per heavy atom. The molecule has 0 spiro atoms. The minimum absolute atomic E-state index is 0. The molecule has 0 saturated heterocycles. The Balaban J connectivity index is 0.00000121. The number of aromatic hydroxyl groups is 1. The summed E-state index contributed by atoms with van der Waals surface area (Å²) in [6.45, 7) is 0. The standard InChI is InChI=1S/C7H5BrO3.Li/c8-4-1-2-6(9)5(3-4)7(10)11;/h1-3,9H,(H,10,11);/q;+1/p-1. The van der Waals surface area contributed by atoms with Crippen LogP contribution in [-0.4, -0.2) is 11.1 Å². The van der Waals surface area contributed by atoms with E-state index in [0.29, 0.717) is 4.47 Å². The fourth-order valence-corrected chi connectivity index (χ4v) is 1.03. The molecule has 1 N–H and O–H groups in total. The second kappa shape index (κ2) is 4.56. The molecule has 0 aliphatic rings. The Morgan fingerprint density at radius 2 is 2.08 bits per heavy atom. The summed E-state index contributed by atoms with van der Waals surface area (Å²) in [4.78, 5) is 10.3. The predicted octanol–water partition coefficient (Wildman–Crippen LogP) is -2.48. The third kappa shape index (κ3) is 2.56. The van der Waals surface area contributed by atoms with Gasteiger partial charge in [0.25, 0.3) is 0 Å². The molecule has 0 aliphatic heterocycles. The molecule has 0 fully saturated rings. The number of benzene rings is 1. The van der Waals surface area contributed by atoms with Gasteiger partial charge in [0.15, 0.2) is 0 Å². The molecule has 0 heterocycles. The monoisotopic (exact) mass is 222 g/mol. The second-order valence-corrected chi connectivity index (χ2v) is 2.86. The van der Waals surface area contributed by atoms with E-state index in [-0.39, 0.29) is 30.2 Å². The Labute approximate surface area is 89.7 Å². The summed E-state index contributed by atoms with van der Waals surface area (Å²) in [7, 11) is 0. The van der Waals surface area contributed by atoms with Gasteiger partial charge in [-0.25, -0.2) is 0 Å². The molecule has 5 heteroatoms. The molecule has 0 amide bonds. The zero-order chi connectivity index (χ0) is 8.43. The van der Waals surface area contributed by atoms with E-state index in [9.17, 15) is 9.90 Å². The largest absolute Gasteiger partial charge is 1.00 e. The third-order valence-electron chi connectivity index (χ3n) is 1.18. The first-order valence-corrected chi connectivity index (χ1v) is 3.60. The van der Waals surface area contributed by atoms with Crippen molar-refractivity contribution >= 4 is 21.9 Å². The SMILES string of the molecule is O=C([O-])c1cc(Br)ccc1O.[Li+]. The number of rotatable bonds is 1. The minimum atomic E-state index is -1.39. The van der Waals surface area contributed by atoms with E-state index in [1.807, 2.05) is 0 Å². The van der Waals surface area contributed by atoms with Crippen LogP contribution >= 0.6 is 15.9 Å². The molecule has 58 valence electrons. The molecule has 0 bridgehead atoms. The molecule has 0 unspecified atom stereocenters. The molecule has 3 nitrogen and oxygen atoms in total.